The summed E-state index contributed by atoms with van der Waals surface area (Å²) in [6.45, 7) is 3.93. The molecule has 1 heterocycles. The number of hydrogen-bond donors (Lipinski definition) is 1. The SMILES string of the molecule is COCCN(CCOC)Cc1ccc(N)cn1. The van der Waals surface area contributed by atoms with Crippen LogP contribution in [0, 0.1) is 0 Å². The van der Waals surface area contributed by atoms with Crippen molar-refractivity contribution in [3.63, 3.8) is 0 Å². The highest BCUT2D eigenvalue weighted by Gasteiger charge is 2.06. The lowest BCUT2D eigenvalue weighted by Gasteiger charge is -2.21. The predicted octanol–water partition coefficient (Wildman–Crippen LogP) is 0.759. The molecule has 5 heteroatoms. The minimum atomic E-state index is 0.689. The van der Waals surface area contributed by atoms with Gasteiger partial charge in [0, 0.05) is 33.9 Å². The Kier molecular flexibility index (Phi) is 6.54. The maximum atomic E-state index is 5.60. The molecule has 0 aliphatic rings. The van der Waals surface area contributed by atoms with Crippen molar-refractivity contribution in [2.45, 2.75) is 6.54 Å². The Bertz CT molecular complexity index is 295. The van der Waals surface area contributed by atoms with Gasteiger partial charge in [-0.25, -0.2) is 0 Å². The summed E-state index contributed by atoms with van der Waals surface area (Å²) in [5.74, 6) is 0. The Morgan fingerprint density at radius 1 is 1.18 bits per heavy atom. The predicted molar refractivity (Wildman–Crippen MR) is 67.7 cm³/mol. The first kappa shape index (κ1) is 13.9. The van der Waals surface area contributed by atoms with Crippen molar-refractivity contribution in [1.29, 1.82) is 0 Å². The zero-order valence-corrected chi connectivity index (χ0v) is 10.6. The zero-order valence-electron chi connectivity index (χ0n) is 10.6. The van der Waals surface area contributed by atoms with Gasteiger partial charge in [0.25, 0.3) is 0 Å². The molecule has 5 nitrogen and oxygen atoms in total. The molecule has 0 unspecified atom stereocenters. The van der Waals surface area contributed by atoms with Crippen LogP contribution in [0.2, 0.25) is 0 Å². The number of methoxy groups -OCH3 is 2. The van der Waals surface area contributed by atoms with E-state index < -0.39 is 0 Å². The molecule has 96 valence electrons. The fourth-order valence-corrected chi connectivity index (χ4v) is 1.47. The first-order valence-corrected chi connectivity index (χ1v) is 5.67. The molecule has 0 fully saturated rings. The number of nitrogens with two attached hydrogens (primary N) is 1. The third-order valence-electron chi connectivity index (χ3n) is 2.46. The molecule has 0 bridgehead atoms. The lowest BCUT2D eigenvalue weighted by atomic mass is 10.3. The van der Waals surface area contributed by atoms with Crippen LogP contribution >= 0.6 is 0 Å². The second kappa shape index (κ2) is 8.00. The number of nitrogen functional groups attached to an aromatic ring is 1. The highest BCUT2D eigenvalue weighted by Crippen LogP contribution is 2.04. The summed E-state index contributed by atoms with van der Waals surface area (Å²) in [6, 6.07) is 3.81. The molecule has 0 radical (unpaired) electrons. The molecule has 0 atom stereocenters. The van der Waals surface area contributed by atoms with E-state index in [0.29, 0.717) is 18.9 Å². The van der Waals surface area contributed by atoms with Gasteiger partial charge in [-0.05, 0) is 12.1 Å². The van der Waals surface area contributed by atoms with Crippen LogP contribution in [0.5, 0.6) is 0 Å². The molecule has 0 aliphatic carbocycles. The third kappa shape index (κ3) is 5.63. The zero-order chi connectivity index (χ0) is 12.5. The monoisotopic (exact) mass is 239 g/mol. The molecular weight excluding hydrogens is 218 g/mol. The lowest BCUT2D eigenvalue weighted by Crippen LogP contribution is -2.30. The molecular formula is C12H21N3O2. The van der Waals surface area contributed by atoms with Gasteiger partial charge in [0.2, 0.25) is 0 Å². The summed E-state index contributed by atoms with van der Waals surface area (Å²) in [7, 11) is 3.41. The second-order valence-corrected chi connectivity index (χ2v) is 3.84. The number of ether oxygens (including phenoxy) is 2. The summed E-state index contributed by atoms with van der Waals surface area (Å²) >= 11 is 0. The normalized spacial score (nSPS) is 11.0. The molecule has 0 amide bonds. The van der Waals surface area contributed by atoms with E-state index in [9.17, 15) is 0 Å². The van der Waals surface area contributed by atoms with Crippen LogP contribution in [0.3, 0.4) is 0 Å². The lowest BCUT2D eigenvalue weighted by molar-refractivity contribution is 0.109. The van der Waals surface area contributed by atoms with Gasteiger partial charge in [0.1, 0.15) is 0 Å². The van der Waals surface area contributed by atoms with E-state index in [0.717, 1.165) is 25.3 Å². The summed E-state index contributed by atoms with van der Waals surface area (Å²) < 4.78 is 10.2. The van der Waals surface area contributed by atoms with E-state index in [-0.39, 0.29) is 0 Å². The Balaban J connectivity index is 2.48. The fourth-order valence-electron chi connectivity index (χ4n) is 1.47. The molecule has 1 aromatic heterocycles. The van der Waals surface area contributed by atoms with Crippen molar-refractivity contribution in [2.75, 3.05) is 46.3 Å². The number of hydrogen-bond acceptors (Lipinski definition) is 5. The summed E-state index contributed by atoms with van der Waals surface area (Å²) in [5.41, 5.74) is 7.30. The summed E-state index contributed by atoms with van der Waals surface area (Å²) in [4.78, 5) is 6.53. The first-order chi connectivity index (χ1) is 8.26. The van der Waals surface area contributed by atoms with Gasteiger partial charge in [-0.3, -0.25) is 9.88 Å². The van der Waals surface area contributed by atoms with E-state index in [4.69, 9.17) is 15.2 Å². The van der Waals surface area contributed by atoms with Crippen LogP contribution in [0.4, 0.5) is 5.69 Å². The number of rotatable bonds is 8. The number of aromatic nitrogens is 1. The minimum Gasteiger partial charge on any atom is -0.397 e. The average molecular weight is 239 g/mol. The van der Waals surface area contributed by atoms with E-state index in [1.807, 2.05) is 12.1 Å². The van der Waals surface area contributed by atoms with Crippen molar-refractivity contribution in [3.8, 4) is 0 Å². The fraction of sp³-hybridized carbons (Fsp3) is 0.583. The highest BCUT2D eigenvalue weighted by molar-refractivity contribution is 5.34. The van der Waals surface area contributed by atoms with Crippen molar-refractivity contribution < 1.29 is 9.47 Å². The maximum Gasteiger partial charge on any atom is 0.0589 e. The van der Waals surface area contributed by atoms with E-state index in [1.165, 1.54) is 0 Å². The van der Waals surface area contributed by atoms with Crippen LogP contribution in [-0.4, -0.2) is 50.4 Å². The Hall–Kier alpha value is -1.17. The molecule has 0 saturated carbocycles. The molecule has 0 saturated heterocycles. The first-order valence-electron chi connectivity index (χ1n) is 5.67. The molecule has 1 rings (SSSR count). The smallest absolute Gasteiger partial charge is 0.0589 e. The Labute approximate surface area is 103 Å². The van der Waals surface area contributed by atoms with Crippen LogP contribution in [0.15, 0.2) is 18.3 Å². The summed E-state index contributed by atoms with van der Waals surface area (Å²) in [5, 5.41) is 0. The molecule has 0 aromatic carbocycles. The third-order valence-corrected chi connectivity index (χ3v) is 2.46. The van der Waals surface area contributed by atoms with Gasteiger partial charge < -0.3 is 15.2 Å². The highest BCUT2D eigenvalue weighted by atomic mass is 16.5. The van der Waals surface area contributed by atoms with Gasteiger partial charge in [0.05, 0.1) is 30.8 Å². The van der Waals surface area contributed by atoms with E-state index in [2.05, 4.69) is 9.88 Å². The van der Waals surface area contributed by atoms with Crippen LogP contribution in [-0.2, 0) is 16.0 Å². The van der Waals surface area contributed by atoms with Crippen molar-refractivity contribution in [2.24, 2.45) is 0 Å². The van der Waals surface area contributed by atoms with E-state index in [1.54, 1.807) is 20.4 Å². The quantitative estimate of drug-likeness (QED) is 0.725. The number of anilines is 1. The van der Waals surface area contributed by atoms with Gasteiger partial charge in [-0.15, -0.1) is 0 Å². The molecule has 2 N–H and O–H groups in total. The average Bonchev–Trinajstić information content (AvgIpc) is 2.35. The van der Waals surface area contributed by atoms with Crippen LogP contribution in [0.1, 0.15) is 5.69 Å². The number of nitrogens with zero attached hydrogens (tertiary/aromatic N) is 2. The largest absolute Gasteiger partial charge is 0.397 e. The van der Waals surface area contributed by atoms with Gasteiger partial charge in [0.15, 0.2) is 0 Å². The standard InChI is InChI=1S/C12H21N3O2/c1-16-7-5-15(6-8-17-2)10-12-4-3-11(13)9-14-12/h3-4,9H,5-8,10,13H2,1-2H3. The van der Waals surface area contributed by atoms with Gasteiger partial charge >= 0.3 is 0 Å². The Morgan fingerprint density at radius 2 is 1.82 bits per heavy atom. The molecule has 1 aromatic rings. The number of pyridine rings is 1. The van der Waals surface area contributed by atoms with Crippen molar-refractivity contribution >= 4 is 5.69 Å². The van der Waals surface area contributed by atoms with Crippen molar-refractivity contribution in [3.05, 3.63) is 24.0 Å². The minimum absolute atomic E-state index is 0.689. The molecule has 0 aliphatic heterocycles. The van der Waals surface area contributed by atoms with Crippen LogP contribution in [0.25, 0.3) is 0 Å². The maximum absolute atomic E-state index is 5.60. The van der Waals surface area contributed by atoms with Gasteiger partial charge in [-0.2, -0.15) is 0 Å². The van der Waals surface area contributed by atoms with Crippen LogP contribution < -0.4 is 5.73 Å². The summed E-state index contributed by atoms with van der Waals surface area (Å²) in [6.07, 6.45) is 1.68. The van der Waals surface area contributed by atoms with Gasteiger partial charge in [-0.1, -0.05) is 0 Å². The molecule has 17 heavy (non-hydrogen) atoms. The second-order valence-electron chi connectivity index (χ2n) is 3.84. The topological polar surface area (TPSA) is 60.6 Å². The Morgan fingerprint density at radius 3 is 2.29 bits per heavy atom. The van der Waals surface area contributed by atoms with E-state index >= 15 is 0 Å². The molecule has 0 spiro atoms. The van der Waals surface area contributed by atoms with Crippen molar-refractivity contribution in [1.82, 2.24) is 9.88 Å².